The zero-order valence-corrected chi connectivity index (χ0v) is 20.0. The molecule has 5 heteroatoms. The zero-order chi connectivity index (χ0) is 23.3. The summed E-state index contributed by atoms with van der Waals surface area (Å²) in [5, 5.41) is 0.584. The third-order valence-corrected chi connectivity index (χ3v) is 5.83. The summed E-state index contributed by atoms with van der Waals surface area (Å²) in [5.41, 5.74) is 2.57. The van der Waals surface area contributed by atoms with Crippen molar-refractivity contribution in [1.29, 1.82) is 0 Å². The maximum Gasteiger partial charge on any atom is 0.266 e. The van der Waals surface area contributed by atoms with Gasteiger partial charge < -0.3 is 4.90 Å². The van der Waals surface area contributed by atoms with Crippen molar-refractivity contribution in [2.75, 3.05) is 6.54 Å². The smallest absolute Gasteiger partial charge is 0.266 e. The zero-order valence-electron chi connectivity index (χ0n) is 20.0. The quantitative estimate of drug-likeness (QED) is 0.436. The Morgan fingerprint density at radius 2 is 1.72 bits per heavy atom. The molecule has 2 aromatic carbocycles. The molecule has 1 amide bonds. The SMILES string of the molecule is CCCN(C(=O)CC(C)C)[C@H](CC)c1nc2ccccc2c(=O)n1-c1ccc(CC)cc1. The van der Waals surface area contributed by atoms with Gasteiger partial charge in [0.2, 0.25) is 5.91 Å². The molecule has 0 bridgehead atoms. The molecule has 0 aliphatic carbocycles. The number of fused-ring (bicyclic) bond motifs is 1. The van der Waals surface area contributed by atoms with Crippen molar-refractivity contribution in [3.05, 3.63) is 70.3 Å². The first-order valence-corrected chi connectivity index (χ1v) is 11.8. The number of carbonyl (C=O) groups excluding carboxylic acids is 1. The number of hydrogen-bond donors (Lipinski definition) is 0. The van der Waals surface area contributed by atoms with Gasteiger partial charge >= 0.3 is 0 Å². The standard InChI is InChI=1S/C27H35N3O2/c1-6-17-29(25(31)18-19(4)5)24(8-3)26-28-23-12-10-9-11-22(23)27(32)30(26)21-15-13-20(7-2)14-16-21/h9-16,19,24H,6-8,17-18H2,1-5H3/t24-/m1/s1. The molecule has 3 aromatic rings. The van der Waals surface area contributed by atoms with Crippen LogP contribution >= 0.6 is 0 Å². The predicted molar refractivity (Wildman–Crippen MR) is 131 cm³/mol. The van der Waals surface area contributed by atoms with E-state index in [9.17, 15) is 9.59 Å². The van der Waals surface area contributed by atoms with Crippen LogP contribution in [-0.4, -0.2) is 26.9 Å². The minimum absolute atomic E-state index is 0.0962. The molecule has 0 fully saturated rings. The summed E-state index contributed by atoms with van der Waals surface area (Å²) in [6.07, 6.45) is 2.95. The average molecular weight is 434 g/mol. The maximum atomic E-state index is 13.7. The molecule has 1 heterocycles. The first kappa shape index (κ1) is 23.7. The monoisotopic (exact) mass is 433 g/mol. The molecule has 1 atom stereocenters. The predicted octanol–water partition coefficient (Wildman–Crippen LogP) is 5.68. The van der Waals surface area contributed by atoms with Crippen molar-refractivity contribution in [2.24, 2.45) is 5.92 Å². The molecule has 5 nitrogen and oxygen atoms in total. The Hall–Kier alpha value is -2.95. The molecular formula is C27H35N3O2. The van der Waals surface area contributed by atoms with Gasteiger partial charge in [-0.15, -0.1) is 0 Å². The molecular weight excluding hydrogens is 398 g/mol. The van der Waals surface area contributed by atoms with Gasteiger partial charge in [-0.25, -0.2) is 4.98 Å². The van der Waals surface area contributed by atoms with Gasteiger partial charge in [-0.05, 0) is 55.0 Å². The number of carbonyl (C=O) groups is 1. The Labute approximate surface area is 191 Å². The van der Waals surface area contributed by atoms with Crippen LogP contribution in [0.25, 0.3) is 16.6 Å². The minimum Gasteiger partial charge on any atom is -0.333 e. The molecule has 0 unspecified atom stereocenters. The van der Waals surface area contributed by atoms with E-state index in [0.29, 0.717) is 36.1 Å². The Balaban J connectivity index is 2.25. The second-order valence-electron chi connectivity index (χ2n) is 8.76. The van der Waals surface area contributed by atoms with Crippen molar-refractivity contribution >= 4 is 16.8 Å². The molecule has 32 heavy (non-hydrogen) atoms. The van der Waals surface area contributed by atoms with Gasteiger partial charge in [0, 0.05) is 13.0 Å². The van der Waals surface area contributed by atoms with Crippen molar-refractivity contribution in [3.63, 3.8) is 0 Å². The fraction of sp³-hybridized carbons (Fsp3) is 0.444. The van der Waals surface area contributed by atoms with Crippen LogP contribution in [0.1, 0.15) is 71.3 Å². The second kappa shape index (κ2) is 10.6. The normalized spacial score (nSPS) is 12.3. The van der Waals surface area contributed by atoms with E-state index in [1.807, 2.05) is 41.3 Å². The second-order valence-corrected chi connectivity index (χ2v) is 8.76. The fourth-order valence-electron chi connectivity index (χ4n) is 4.21. The Morgan fingerprint density at radius 3 is 2.31 bits per heavy atom. The number of amides is 1. The van der Waals surface area contributed by atoms with Crippen molar-refractivity contribution in [3.8, 4) is 5.69 Å². The van der Waals surface area contributed by atoms with Gasteiger partial charge in [-0.3, -0.25) is 14.2 Å². The molecule has 0 spiro atoms. The molecule has 0 aliphatic heterocycles. The van der Waals surface area contributed by atoms with Crippen molar-refractivity contribution in [2.45, 2.75) is 66.3 Å². The summed E-state index contributed by atoms with van der Waals surface area (Å²) in [6.45, 7) is 11.0. The molecule has 0 saturated heterocycles. The summed E-state index contributed by atoms with van der Waals surface area (Å²) in [7, 11) is 0. The molecule has 0 radical (unpaired) electrons. The van der Waals surface area contributed by atoms with E-state index in [2.05, 4.69) is 46.8 Å². The van der Waals surface area contributed by atoms with E-state index < -0.39 is 0 Å². The highest BCUT2D eigenvalue weighted by atomic mass is 16.2. The van der Waals surface area contributed by atoms with Crippen LogP contribution in [0.3, 0.4) is 0 Å². The summed E-state index contributed by atoms with van der Waals surface area (Å²) in [4.78, 5) is 33.8. The number of benzene rings is 2. The van der Waals surface area contributed by atoms with Crippen LogP contribution in [-0.2, 0) is 11.2 Å². The van der Waals surface area contributed by atoms with Gasteiger partial charge in [0.1, 0.15) is 5.82 Å². The summed E-state index contributed by atoms with van der Waals surface area (Å²) in [6, 6.07) is 15.2. The largest absolute Gasteiger partial charge is 0.333 e. The van der Waals surface area contributed by atoms with Crippen LogP contribution in [0.2, 0.25) is 0 Å². The fourth-order valence-corrected chi connectivity index (χ4v) is 4.21. The lowest BCUT2D eigenvalue weighted by molar-refractivity contribution is -0.134. The lowest BCUT2D eigenvalue weighted by atomic mass is 10.1. The van der Waals surface area contributed by atoms with Crippen LogP contribution in [0.15, 0.2) is 53.3 Å². The van der Waals surface area contributed by atoms with E-state index in [1.54, 1.807) is 4.57 Å². The minimum atomic E-state index is -0.274. The Morgan fingerprint density at radius 1 is 1.03 bits per heavy atom. The number of nitrogens with zero attached hydrogens (tertiary/aromatic N) is 3. The number of aromatic nitrogens is 2. The van der Waals surface area contributed by atoms with Crippen LogP contribution in [0.4, 0.5) is 0 Å². The summed E-state index contributed by atoms with van der Waals surface area (Å²) in [5.74, 6) is 1.02. The topological polar surface area (TPSA) is 55.2 Å². The van der Waals surface area contributed by atoms with Gasteiger partial charge in [0.05, 0.1) is 22.6 Å². The van der Waals surface area contributed by atoms with Crippen LogP contribution in [0.5, 0.6) is 0 Å². The number of rotatable bonds is 9. The highest BCUT2D eigenvalue weighted by Crippen LogP contribution is 2.27. The molecule has 170 valence electrons. The van der Waals surface area contributed by atoms with Crippen LogP contribution < -0.4 is 5.56 Å². The van der Waals surface area contributed by atoms with Crippen molar-refractivity contribution in [1.82, 2.24) is 14.5 Å². The van der Waals surface area contributed by atoms with Crippen molar-refractivity contribution < 1.29 is 4.79 Å². The third kappa shape index (κ3) is 4.93. The molecule has 0 aliphatic rings. The lowest BCUT2D eigenvalue weighted by Gasteiger charge is -2.32. The van der Waals surface area contributed by atoms with E-state index in [-0.39, 0.29) is 23.4 Å². The summed E-state index contributed by atoms with van der Waals surface area (Å²) >= 11 is 0. The highest BCUT2D eigenvalue weighted by Gasteiger charge is 2.28. The van der Waals surface area contributed by atoms with E-state index in [0.717, 1.165) is 18.5 Å². The van der Waals surface area contributed by atoms with Gasteiger partial charge in [-0.2, -0.15) is 0 Å². The number of hydrogen-bond acceptors (Lipinski definition) is 3. The molecule has 1 aromatic heterocycles. The average Bonchev–Trinajstić information content (AvgIpc) is 2.79. The highest BCUT2D eigenvalue weighted by molar-refractivity contribution is 5.79. The van der Waals surface area contributed by atoms with E-state index >= 15 is 0 Å². The number of aryl methyl sites for hydroxylation is 1. The maximum absolute atomic E-state index is 13.7. The lowest BCUT2D eigenvalue weighted by Crippen LogP contribution is -2.39. The molecule has 3 rings (SSSR count). The Bertz CT molecular complexity index is 1120. The van der Waals surface area contributed by atoms with Gasteiger partial charge in [0.25, 0.3) is 5.56 Å². The van der Waals surface area contributed by atoms with Gasteiger partial charge in [-0.1, -0.05) is 58.9 Å². The Kier molecular flexibility index (Phi) is 7.84. The van der Waals surface area contributed by atoms with Gasteiger partial charge in [0.15, 0.2) is 0 Å². The first-order valence-electron chi connectivity index (χ1n) is 11.8. The third-order valence-electron chi connectivity index (χ3n) is 5.83. The van der Waals surface area contributed by atoms with E-state index in [4.69, 9.17) is 4.98 Å². The van der Waals surface area contributed by atoms with E-state index in [1.165, 1.54) is 5.56 Å². The molecule has 0 saturated carbocycles. The number of para-hydroxylation sites is 1. The molecule has 0 N–H and O–H groups in total. The van der Waals surface area contributed by atoms with Crippen LogP contribution in [0, 0.1) is 5.92 Å². The summed E-state index contributed by atoms with van der Waals surface area (Å²) < 4.78 is 1.71. The first-order chi connectivity index (χ1) is 15.4.